The van der Waals surface area contributed by atoms with E-state index in [4.69, 9.17) is 16.1 Å². The fourth-order valence-corrected chi connectivity index (χ4v) is 5.38. The van der Waals surface area contributed by atoms with Crippen LogP contribution in [0.15, 0.2) is 22.7 Å². The topological polar surface area (TPSA) is 113 Å². The third-order valence-corrected chi connectivity index (χ3v) is 6.95. The number of aliphatic hydroxyl groups is 1. The highest BCUT2D eigenvalue weighted by Gasteiger charge is 2.38. The van der Waals surface area contributed by atoms with Crippen LogP contribution in [0.25, 0.3) is 0 Å². The molecule has 1 fully saturated rings. The van der Waals surface area contributed by atoms with Gasteiger partial charge in [-0.05, 0) is 61.6 Å². The Morgan fingerprint density at radius 3 is 2.60 bits per heavy atom. The lowest BCUT2D eigenvalue weighted by Crippen LogP contribution is -2.26. The molecular weight excluding hydrogens is 468 g/mol. The standard InChI is InChI=1S/C27H37ClN2O5/c1-16-5-7-22(21(28)11-16)29-23(32)14-18(6-8-24(33)34)25-20(9-10-31)26(35-30-25)19-12-17(13-19)15-27(2,3)4/h5,7,11,17-19,31H,6,8-10,12-15H2,1-4H3,(H,29,32)(H,33,34)/t17-,18-,19-/m0/s1. The molecule has 1 saturated carbocycles. The van der Waals surface area contributed by atoms with Gasteiger partial charge in [-0.1, -0.05) is 43.6 Å². The van der Waals surface area contributed by atoms with Crippen molar-refractivity contribution in [1.82, 2.24) is 5.16 Å². The fourth-order valence-electron chi connectivity index (χ4n) is 5.10. The number of nitrogens with zero attached hydrogens (tertiary/aromatic N) is 1. The molecule has 3 N–H and O–H groups in total. The zero-order chi connectivity index (χ0) is 25.8. The van der Waals surface area contributed by atoms with E-state index in [0.717, 1.165) is 36.1 Å². The van der Waals surface area contributed by atoms with E-state index in [9.17, 15) is 19.8 Å². The van der Waals surface area contributed by atoms with Crippen LogP contribution in [0.2, 0.25) is 5.02 Å². The minimum absolute atomic E-state index is 0.0409. The molecule has 0 bridgehead atoms. The molecule has 1 heterocycles. The zero-order valence-electron chi connectivity index (χ0n) is 21.1. The molecule has 0 unspecified atom stereocenters. The molecule has 8 heteroatoms. The number of aliphatic carboxylic acids is 1. The molecule has 7 nitrogen and oxygen atoms in total. The van der Waals surface area contributed by atoms with Crippen LogP contribution in [-0.2, 0) is 16.0 Å². The van der Waals surface area contributed by atoms with Crippen molar-refractivity contribution in [3.05, 3.63) is 45.8 Å². The molecule has 1 aliphatic rings. The Labute approximate surface area is 212 Å². The minimum atomic E-state index is -0.937. The number of rotatable bonds is 11. The van der Waals surface area contributed by atoms with Crippen molar-refractivity contribution in [3.8, 4) is 0 Å². The normalized spacial score (nSPS) is 18.7. The lowest BCUT2D eigenvalue weighted by Gasteiger charge is -2.38. The summed E-state index contributed by atoms with van der Waals surface area (Å²) < 4.78 is 5.79. The van der Waals surface area contributed by atoms with Crippen LogP contribution in [0.4, 0.5) is 5.69 Å². The van der Waals surface area contributed by atoms with Crippen molar-refractivity contribution in [2.75, 3.05) is 11.9 Å². The first kappa shape index (κ1) is 27.2. The van der Waals surface area contributed by atoms with E-state index in [-0.39, 0.29) is 43.1 Å². The van der Waals surface area contributed by atoms with Gasteiger partial charge in [0.1, 0.15) is 5.76 Å². The number of aryl methyl sites for hydroxylation is 1. The van der Waals surface area contributed by atoms with Gasteiger partial charge in [0.05, 0.1) is 16.4 Å². The molecule has 0 aliphatic heterocycles. The Morgan fingerprint density at radius 2 is 2.00 bits per heavy atom. The molecule has 2 aromatic rings. The smallest absolute Gasteiger partial charge is 0.303 e. The van der Waals surface area contributed by atoms with Crippen LogP contribution < -0.4 is 5.32 Å². The third-order valence-electron chi connectivity index (χ3n) is 6.64. The molecule has 1 aromatic heterocycles. The molecular formula is C27H37ClN2O5. The molecule has 0 spiro atoms. The molecule has 1 aliphatic carbocycles. The van der Waals surface area contributed by atoms with E-state index in [2.05, 4.69) is 31.2 Å². The lowest BCUT2D eigenvalue weighted by molar-refractivity contribution is -0.137. The Morgan fingerprint density at radius 1 is 1.29 bits per heavy atom. The minimum Gasteiger partial charge on any atom is -0.481 e. The first-order valence-corrected chi connectivity index (χ1v) is 12.7. The molecule has 35 heavy (non-hydrogen) atoms. The summed E-state index contributed by atoms with van der Waals surface area (Å²) in [6, 6.07) is 5.38. The van der Waals surface area contributed by atoms with E-state index >= 15 is 0 Å². The summed E-state index contributed by atoms with van der Waals surface area (Å²) in [6.45, 7) is 8.57. The van der Waals surface area contributed by atoms with Crippen molar-refractivity contribution in [2.24, 2.45) is 11.3 Å². The van der Waals surface area contributed by atoms with E-state index < -0.39 is 11.9 Å². The molecule has 0 saturated heterocycles. The fraction of sp³-hybridized carbons (Fsp3) is 0.593. The van der Waals surface area contributed by atoms with Gasteiger partial charge < -0.3 is 20.1 Å². The number of benzene rings is 1. The van der Waals surface area contributed by atoms with Crippen molar-refractivity contribution in [2.45, 2.75) is 84.5 Å². The van der Waals surface area contributed by atoms with Crippen molar-refractivity contribution in [3.63, 3.8) is 0 Å². The number of halogens is 1. The summed E-state index contributed by atoms with van der Waals surface area (Å²) in [5.74, 6) is -0.0110. The number of carboxylic acids is 1. The summed E-state index contributed by atoms with van der Waals surface area (Å²) >= 11 is 6.26. The summed E-state index contributed by atoms with van der Waals surface area (Å²) in [5, 5.41) is 26.6. The predicted molar refractivity (Wildman–Crippen MR) is 136 cm³/mol. The second kappa shape index (κ2) is 11.6. The summed E-state index contributed by atoms with van der Waals surface area (Å²) in [4.78, 5) is 24.2. The van der Waals surface area contributed by atoms with Gasteiger partial charge in [-0.2, -0.15) is 0 Å². The maximum atomic E-state index is 12.9. The van der Waals surface area contributed by atoms with E-state index in [0.29, 0.717) is 28.7 Å². The van der Waals surface area contributed by atoms with E-state index in [1.54, 1.807) is 12.1 Å². The van der Waals surface area contributed by atoms with Crippen LogP contribution in [-0.4, -0.2) is 33.9 Å². The largest absolute Gasteiger partial charge is 0.481 e. The second-order valence-electron chi connectivity index (χ2n) is 11.0. The SMILES string of the molecule is Cc1ccc(NC(=O)C[C@H](CCC(=O)O)c2noc([C@H]3C[C@H](CC(C)(C)C)C3)c2CCO)c(Cl)c1. The van der Waals surface area contributed by atoms with Crippen LogP contribution >= 0.6 is 11.6 Å². The summed E-state index contributed by atoms with van der Waals surface area (Å²) in [5.41, 5.74) is 3.17. The van der Waals surface area contributed by atoms with Gasteiger partial charge in [-0.15, -0.1) is 0 Å². The van der Waals surface area contributed by atoms with Crippen LogP contribution in [0.3, 0.4) is 0 Å². The van der Waals surface area contributed by atoms with Gasteiger partial charge in [0, 0.05) is 43.3 Å². The van der Waals surface area contributed by atoms with Crippen LogP contribution in [0, 0.1) is 18.3 Å². The number of carbonyl (C=O) groups excluding carboxylic acids is 1. The molecule has 3 rings (SSSR count). The van der Waals surface area contributed by atoms with Crippen molar-refractivity contribution >= 4 is 29.2 Å². The highest BCUT2D eigenvalue weighted by Crippen LogP contribution is 2.48. The lowest BCUT2D eigenvalue weighted by atomic mass is 9.67. The van der Waals surface area contributed by atoms with Gasteiger partial charge in [0.2, 0.25) is 5.91 Å². The van der Waals surface area contributed by atoms with Crippen molar-refractivity contribution in [1.29, 1.82) is 0 Å². The molecule has 192 valence electrons. The summed E-state index contributed by atoms with van der Waals surface area (Å²) in [6.07, 6.45) is 3.71. The number of aromatic nitrogens is 1. The van der Waals surface area contributed by atoms with Crippen molar-refractivity contribution < 1.29 is 24.3 Å². The molecule has 1 aromatic carbocycles. The second-order valence-corrected chi connectivity index (χ2v) is 11.5. The first-order chi connectivity index (χ1) is 16.5. The van der Waals surface area contributed by atoms with Crippen LogP contribution in [0.5, 0.6) is 0 Å². The highest BCUT2D eigenvalue weighted by molar-refractivity contribution is 6.33. The number of anilines is 1. The predicted octanol–water partition coefficient (Wildman–Crippen LogP) is 6.08. The maximum absolute atomic E-state index is 12.9. The number of amides is 1. The van der Waals surface area contributed by atoms with E-state index in [1.807, 2.05) is 13.0 Å². The van der Waals surface area contributed by atoms with Gasteiger partial charge in [-0.3, -0.25) is 9.59 Å². The molecule has 1 atom stereocenters. The number of hydrogen-bond acceptors (Lipinski definition) is 5. The van der Waals surface area contributed by atoms with Gasteiger partial charge in [0.25, 0.3) is 0 Å². The number of carboxylic acid groups (broad SMARTS) is 1. The Kier molecular flexibility index (Phi) is 9.00. The maximum Gasteiger partial charge on any atom is 0.303 e. The average molecular weight is 505 g/mol. The Hall–Kier alpha value is -2.38. The number of hydrogen-bond donors (Lipinski definition) is 3. The van der Waals surface area contributed by atoms with E-state index in [1.165, 1.54) is 0 Å². The third kappa shape index (κ3) is 7.55. The van der Waals surface area contributed by atoms with Crippen LogP contribution in [0.1, 0.15) is 93.7 Å². The molecule has 1 amide bonds. The average Bonchev–Trinajstić information content (AvgIpc) is 3.12. The number of carbonyl (C=O) groups is 2. The number of nitrogens with one attached hydrogen (secondary N) is 1. The van der Waals surface area contributed by atoms with Gasteiger partial charge in [0.15, 0.2) is 0 Å². The Bertz CT molecular complexity index is 1040. The van der Waals surface area contributed by atoms with Gasteiger partial charge >= 0.3 is 5.97 Å². The summed E-state index contributed by atoms with van der Waals surface area (Å²) in [7, 11) is 0. The quantitative estimate of drug-likeness (QED) is 0.342. The molecule has 0 radical (unpaired) electrons. The monoisotopic (exact) mass is 504 g/mol. The highest BCUT2D eigenvalue weighted by atomic mass is 35.5. The Balaban J connectivity index is 1.78. The zero-order valence-corrected chi connectivity index (χ0v) is 21.8. The number of aliphatic hydroxyl groups excluding tert-OH is 1. The van der Waals surface area contributed by atoms with Gasteiger partial charge in [-0.25, -0.2) is 0 Å². The first-order valence-electron chi connectivity index (χ1n) is 12.3.